The Bertz CT molecular complexity index is 750. The number of nitrogens with zero attached hydrogens (tertiary/aromatic N) is 2. The SMILES string of the molecule is CCN(C(=O)COC(=O)CCCN1C(=O)c2ccccc2C1=O)C1CCCCC1. The van der Waals surface area contributed by atoms with Crippen LogP contribution in [-0.2, 0) is 14.3 Å². The minimum atomic E-state index is -0.491. The van der Waals surface area contributed by atoms with Crippen LogP contribution in [0.1, 0.15) is 72.6 Å². The number of likely N-dealkylation sites (N-methyl/N-ethyl adjacent to an activating group) is 1. The van der Waals surface area contributed by atoms with Crippen molar-refractivity contribution in [1.29, 1.82) is 0 Å². The van der Waals surface area contributed by atoms with Gasteiger partial charge in [0.2, 0.25) is 0 Å². The molecule has 1 saturated carbocycles. The second kappa shape index (κ2) is 9.67. The number of benzene rings is 1. The molecule has 1 fully saturated rings. The molecule has 1 aromatic carbocycles. The number of amides is 3. The number of rotatable bonds is 8. The van der Waals surface area contributed by atoms with Crippen LogP contribution >= 0.6 is 0 Å². The third kappa shape index (κ3) is 4.83. The number of fused-ring (bicyclic) bond motifs is 1. The van der Waals surface area contributed by atoms with Gasteiger partial charge in [-0.15, -0.1) is 0 Å². The molecule has 0 aromatic heterocycles. The van der Waals surface area contributed by atoms with Crippen molar-refractivity contribution in [2.75, 3.05) is 19.7 Å². The van der Waals surface area contributed by atoms with Crippen LogP contribution in [-0.4, -0.2) is 59.2 Å². The van der Waals surface area contributed by atoms with E-state index in [-0.39, 0.29) is 43.3 Å². The van der Waals surface area contributed by atoms with Crippen LogP contribution in [0.25, 0.3) is 0 Å². The zero-order valence-corrected chi connectivity index (χ0v) is 16.9. The zero-order valence-electron chi connectivity index (χ0n) is 16.9. The van der Waals surface area contributed by atoms with Gasteiger partial charge in [0.05, 0.1) is 11.1 Å². The fraction of sp³-hybridized carbons (Fsp3) is 0.545. The van der Waals surface area contributed by atoms with Gasteiger partial charge in [-0.3, -0.25) is 24.1 Å². The molecule has 1 aliphatic carbocycles. The standard InChI is InChI=1S/C22H28N2O5/c1-2-23(16-9-4-3-5-10-16)19(25)15-29-20(26)13-8-14-24-21(27)17-11-6-7-12-18(17)22(24)28/h6-7,11-12,16H,2-5,8-10,13-15H2,1H3. The lowest BCUT2D eigenvalue weighted by atomic mass is 9.94. The Hall–Kier alpha value is -2.70. The molecule has 0 atom stereocenters. The van der Waals surface area contributed by atoms with E-state index in [0.717, 1.165) is 30.6 Å². The molecule has 0 unspecified atom stereocenters. The highest BCUT2D eigenvalue weighted by molar-refractivity contribution is 6.21. The van der Waals surface area contributed by atoms with E-state index in [1.165, 1.54) is 6.42 Å². The largest absolute Gasteiger partial charge is 0.456 e. The molecule has 0 saturated heterocycles. The predicted molar refractivity (Wildman–Crippen MR) is 106 cm³/mol. The van der Waals surface area contributed by atoms with Gasteiger partial charge in [-0.1, -0.05) is 31.4 Å². The van der Waals surface area contributed by atoms with Crippen molar-refractivity contribution in [3.63, 3.8) is 0 Å². The predicted octanol–water partition coefficient (Wildman–Crippen LogP) is 2.79. The minimum Gasteiger partial charge on any atom is -0.456 e. The maximum absolute atomic E-state index is 12.4. The third-order valence-electron chi connectivity index (χ3n) is 5.67. The van der Waals surface area contributed by atoms with Gasteiger partial charge in [0.25, 0.3) is 17.7 Å². The fourth-order valence-corrected chi connectivity index (χ4v) is 4.15. The van der Waals surface area contributed by atoms with E-state index >= 15 is 0 Å². The molecule has 156 valence electrons. The summed E-state index contributed by atoms with van der Waals surface area (Å²) in [4.78, 5) is 52.0. The van der Waals surface area contributed by atoms with Crippen LogP contribution in [0, 0.1) is 0 Å². The Balaban J connectivity index is 1.41. The number of esters is 1. The average Bonchev–Trinajstić information content (AvgIpc) is 2.99. The lowest BCUT2D eigenvalue weighted by Crippen LogP contribution is -2.43. The van der Waals surface area contributed by atoms with E-state index in [4.69, 9.17) is 4.74 Å². The summed E-state index contributed by atoms with van der Waals surface area (Å²) in [6, 6.07) is 6.93. The van der Waals surface area contributed by atoms with Crippen molar-refractivity contribution in [1.82, 2.24) is 9.80 Å². The summed E-state index contributed by atoms with van der Waals surface area (Å²) in [6.07, 6.45) is 5.85. The van der Waals surface area contributed by atoms with Gasteiger partial charge in [0, 0.05) is 25.6 Å². The van der Waals surface area contributed by atoms with E-state index in [9.17, 15) is 19.2 Å². The summed E-state index contributed by atoms with van der Waals surface area (Å²) in [6.45, 7) is 2.45. The summed E-state index contributed by atoms with van der Waals surface area (Å²) in [5.41, 5.74) is 0.793. The molecule has 1 heterocycles. The van der Waals surface area contributed by atoms with Crippen LogP contribution in [0.2, 0.25) is 0 Å². The molecule has 0 radical (unpaired) electrons. The Morgan fingerprint density at radius 2 is 1.69 bits per heavy atom. The molecule has 29 heavy (non-hydrogen) atoms. The van der Waals surface area contributed by atoms with Gasteiger partial charge in [-0.2, -0.15) is 0 Å². The molecule has 1 aliphatic heterocycles. The molecule has 1 aromatic rings. The third-order valence-corrected chi connectivity index (χ3v) is 5.67. The average molecular weight is 400 g/mol. The molecule has 3 amide bonds. The first-order valence-corrected chi connectivity index (χ1v) is 10.4. The van der Waals surface area contributed by atoms with E-state index < -0.39 is 5.97 Å². The maximum Gasteiger partial charge on any atom is 0.306 e. The first-order chi connectivity index (χ1) is 14.0. The molecule has 3 rings (SSSR count). The van der Waals surface area contributed by atoms with Gasteiger partial charge < -0.3 is 9.64 Å². The van der Waals surface area contributed by atoms with E-state index in [1.807, 2.05) is 11.8 Å². The van der Waals surface area contributed by atoms with Crippen molar-refractivity contribution >= 4 is 23.7 Å². The topological polar surface area (TPSA) is 84.0 Å². The van der Waals surface area contributed by atoms with Gasteiger partial charge in [-0.05, 0) is 38.3 Å². The molecular weight excluding hydrogens is 372 g/mol. The zero-order chi connectivity index (χ0) is 20.8. The summed E-state index contributed by atoms with van der Waals surface area (Å²) >= 11 is 0. The van der Waals surface area contributed by atoms with Crippen molar-refractivity contribution in [2.24, 2.45) is 0 Å². The Morgan fingerprint density at radius 3 is 2.28 bits per heavy atom. The molecule has 7 nitrogen and oxygen atoms in total. The van der Waals surface area contributed by atoms with Gasteiger partial charge in [0.15, 0.2) is 6.61 Å². The van der Waals surface area contributed by atoms with Gasteiger partial charge in [0.1, 0.15) is 0 Å². The first-order valence-electron chi connectivity index (χ1n) is 10.4. The Labute approximate surface area is 171 Å². The van der Waals surface area contributed by atoms with E-state index in [2.05, 4.69) is 0 Å². The number of hydrogen-bond donors (Lipinski definition) is 0. The lowest BCUT2D eigenvalue weighted by Gasteiger charge is -2.33. The van der Waals surface area contributed by atoms with Crippen LogP contribution in [0.3, 0.4) is 0 Å². The quantitative estimate of drug-likeness (QED) is 0.495. The van der Waals surface area contributed by atoms with Crippen molar-refractivity contribution in [3.05, 3.63) is 35.4 Å². The number of carbonyl (C=O) groups excluding carboxylic acids is 4. The van der Waals surface area contributed by atoms with Crippen molar-refractivity contribution in [2.45, 2.75) is 57.9 Å². The molecule has 0 bridgehead atoms. The highest BCUT2D eigenvalue weighted by Gasteiger charge is 2.34. The molecule has 2 aliphatic rings. The normalized spacial score (nSPS) is 16.7. The highest BCUT2D eigenvalue weighted by Crippen LogP contribution is 2.23. The monoisotopic (exact) mass is 400 g/mol. The summed E-state index contributed by atoms with van der Waals surface area (Å²) < 4.78 is 5.14. The second-order valence-corrected chi connectivity index (χ2v) is 7.54. The van der Waals surface area contributed by atoms with Crippen LogP contribution in [0.15, 0.2) is 24.3 Å². The van der Waals surface area contributed by atoms with Crippen molar-refractivity contribution < 1.29 is 23.9 Å². The van der Waals surface area contributed by atoms with Gasteiger partial charge in [-0.25, -0.2) is 0 Å². The fourth-order valence-electron chi connectivity index (χ4n) is 4.15. The first kappa shape index (κ1) is 21.0. The lowest BCUT2D eigenvalue weighted by molar-refractivity contribution is -0.153. The Kier molecular flexibility index (Phi) is 7.01. The summed E-state index contributed by atoms with van der Waals surface area (Å²) in [7, 11) is 0. The molecule has 0 N–H and O–H groups in total. The van der Waals surface area contributed by atoms with E-state index in [0.29, 0.717) is 24.1 Å². The van der Waals surface area contributed by atoms with Crippen LogP contribution < -0.4 is 0 Å². The number of imide groups is 1. The van der Waals surface area contributed by atoms with Gasteiger partial charge >= 0.3 is 5.97 Å². The Morgan fingerprint density at radius 1 is 1.07 bits per heavy atom. The smallest absolute Gasteiger partial charge is 0.306 e. The second-order valence-electron chi connectivity index (χ2n) is 7.54. The number of ether oxygens (including phenoxy) is 1. The van der Waals surface area contributed by atoms with Crippen LogP contribution in [0.5, 0.6) is 0 Å². The summed E-state index contributed by atoms with van der Waals surface area (Å²) in [5, 5.41) is 0. The minimum absolute atomic E-state index is 0.0518. The number of carbonyl (C=O) groups is 4. The molecular formula is C22H28N2O5. The molecule has 7 heteroatoms. The highest BCUT2D eigenvalue weighted by atomic mass is 16.5. The van der Waals surface area contributed by atoms with Crippen LogP contribution in [0.4, 0.5) is 0 Å². The molecule has 0 spiro atoms. The maximum atomic E-state index is 12.4. The van der Waals surface area contributed by atoms with E-state index in [1.54, 1.807) is 24.3 Å². The summed E-state index contributed by atoms with van der Waals surface area (Å²) in [5.74, 6) is -1.32. The van der Waals surface area contributed by atoms with Crippen molar-refractivity contribution in [3.8, 4) is 0 Å². The number of hydrogen-bond acceptors (Lipinski definition) is 5.